The summed E-state index contributed by atoms with van der Waals surface area (Å²) in [6.45, 7) is 4.18. The van der Waals surface area contributed by atoms with Gasteiger partial charge in [0, 0.05) is 37.3 Å². The van der Waals surface area contributed by atoms with E-state index in [2.05, 4.69) is 24.3 Å². The fourth-order valence-electron chi connectivity index (χ4n) is 2.38. The predicted molar refractivity (Wildman–Crippen MR) is 77.4 cm³/mol. The lowest BCUT2D eigenvalue weighted by Gasteiger charge is -2.34. The van der Waals surface area contributed by atoms with E-state index in [-0.39, 0.29) is 17.3 Å². The molecule has 1 atom stereocenters. The van der Waals surface area contributed by atoms with Crippen LogP contribution in [0.25, 0.3) is 0 Å². The first-order valence-corrected chi connectivity index (χ1v) is 6.63. The maximum atomic E-state index is 13.1. The SMILES string of the molecule is Cn1ccnc1CC(NN)C(C)(C)c1ccc(F)cc1. The monoisotopic (exact) mass is 276 g/mol. The Bertz CT molecular complexity index is 560. The number of nitrogens with two attached hydrogens (primary N) is 1. The zero-order valence-electron chi connectivity index (χ0n) is 12.1. The molecule has 1 unspecified atom stereocenters. The molecule has 0 saturated heterocycles. The molecule has 5 heteroatoms. The summed E-state index contributed by atoms with van der Waals surface area (Å²) in [5.41, 5.74) is 3.67. The van der Waals surface area contributed by atoms with Crippen LogP contribution in [0.5, 0.6) is 0 Å². The molecule has 1 heterocycles. The fourth-order valence-corrected chi connectivity index (χ4v) is 2.38. The molecule has 2 rings (SSSR count). The van der Waals surface area contributed by atoms with Gasteiger partial charge in [-0.2, -0.15) is 0 Å². The van der Waals surface area contributed by atoms with Gasteiger partial charge in [0.15, 0.2) is 0 Å². The molecule has 4 nitrogen and oxygen atoms in total. The van der Waals surface area contributed by atoms with Gasteiger partial charge in [-0.1, -0.05) is 26.0 Å². The first-order valence-electron chi connectivity index (χ1n) is 6.63. The summed E-state index contributed by atoms with van der Waals surface area (Å²) in [7, 11) is 1.96. The molecule has 2 aromatic rings. The Morgan fingerprint density at radius 3 is 2.50 bits per heavy atom. The van der Waals surface area contributed by atoms with Crippen LogP contribution in [0, 0.1) is 5.82 Å². The van der Waals surface area contributed by atoms with Crippen molar-refractivity contribution in [3.8, 4) is 0 Å². The van der Waals surface area contributed by atoms with Crippen LogP contribution in [0.4, 0.5) is 4.39 Å². The topological polar surface area (TPSA) is 55.9 Å². The predicted octanol–water partition coefficient (Wildman–Crippen LogP) is 1.91. The smallest absolute Gasteiger partial charge is 0.123 e. The zero-order chi connectivity index (χ0) is 14.8. The van der Waals surface area contributed by atoms with Crippen molar-refractivity contribution in [2.45, 2.75) is 31.7 Å². The largest absolute Gasteiger partial charge is 0.338 e. The second kappa shape index (κ2) is 5.73. The minimum Gasteiger partial charge on any atom is -0.338 e. The van der Waals surface area contributed by atoms with Gasteiger partial charge in [0.2, 0.25) is 0 Å². The summed E-state index contributed by atoms with van der Waals surface area (Å²) in [4.78, 5) is 4.33. The molecule has 0 spiro atoms. The number of halogens is 1. The molecule has 0 saturated carbocycles. The number of rotatable bonds is 5. The third-order valence-electron chi connectivity index (χ3n) is 3.97. The van der Waals surface area contributed by atoms with Crippen LogP contribution in [0.2, 0.25) is 0 Å². The number of aryl methyl sites for hydroxylation is 1. The number of imidazole rings is 1. The lowest BCUT2D eigenvalue weighted by atomic mass is 9.76. The van der Waals surface area contributed by atoms with Gasteiger partial charge < -0.3 is 4.57 Å². The number of benzene rings is 1. The quantitative estimate of drug-likeness (QED) is 0.648. The zero-order valence-corrected chi connectivity index (χ0v) is 12.1. The standard InChI is InChI=1S/C15H21FN4/c1-15(2,11-4-6-12(16)7-5-11)13(19-17)10-14-18-8-9-20(14)3/h4-9,13,19H,10,17H2,1-3H3. The first-order chi connectivity index (χ1) is 9.45. The summed E-state index contributed by atoms with van der Waals surface area (Å²) in [6, 6.07) is 6.56. The summed E-state index contributed by atoms with van der Waals surface area (Å²) >= 11 is 0. The molecule has 0 radical (unpaired) electrons. The van der Waals surface area contributed by atoms with Crippen molar-refractivity contribution in [2.75, 3.05) is 0 Å². The molecule has 108 valence electrons. The molecule has 1 aromatic heterocycles. The van der Waals surface area contributed by atoms with Crippen LogP contribution in [-0.4, -0.2) is 15.6 Å². The molecule has 1 aromatic carbocycles. The lowest BCUT2D eigenvalue weighted by Crippen LogP contribution is -2.49. The van der Waals surface area contributed by atoms with Gasteiger partial charge in [0.25, 0.3) is 0 Å². The number of nitrogens with one attached hydrogen (secondary N) is 1. The van der Waals surface area contributed by atoms with Gasteiger partial charge in [-0.05, 0) is 17.7 Å². The average molecular weight is 276 g/mol. The minimum atomic E-state index is -0.242. The van der Waals surface area contributed by atoms with E-state index < -0.39 is 0 Å². The van der Waals surface area contributed by atoms with Crippen molar-refractivity contribution in [1.29, 1.82) is 0 Å². The Morgan fingerprint density at radius 2 is 2.00 bits per heavy atom. The Kier molecular flexibility index (Phi) is 4.20. The number of aromatic nitrogens is 2. The van der Waals surface area contributed by atoms with Gasteiger partial charge in [0.05, 0.1) is 0 Å². The molecule has 0 fully saturated rings. The Morgan fingerprint density at radius 1 is 1.35 bits per heavy atom. The number of hydrogen-bond acceptors (Lipinski definition) is 3. The van der Waals surface area contributed by atoms with Gasteiger partial charge in [0.1, 0.15) is 11.6 Å². The lowest BCUT2D eigenvalue weighted by molar-refractivity contribution is 0.335. The van der Waals surface area contributed by atoms with Crippen LogP contribution in [0.15, 0.2) is 36.7 Å². The Hall–Kier alpha value is -1.72. The highest BCUT2D eigenvalue weighted by atomic mass is 19.1. The maximum absolute atomic E-state index is 13.1. The Labute approximate surface area is 118 Å². The molecule has 0 bridgehead atoms. The van der Waals surface area contributed by atoms with Crippen LogP contribution in [0.3, 0.4) is 0 Å². The van der Waals surface area contributed by atoms with Crippen LogP contribution in [0.1, 0.15) is 25.2 Å². The molecule has 0 aliphatic rings. The van der Waals surface area contributed by atoms with E-state index in [0.717, 1.165) is 11.4 Å². The molecular formula is C15H21FN4. The fraction of sp³-hybridized carbons (Fsp3) is 0.400. The highest BCUT2D eigenvalue weighted by Gasteiger charge is 2.31. The molecule has 0 amide bonds. The van der Waals surface area contributed by atoms with Crippen molar-refractivity contribution in [3.05, 3.63) is 53.9 Å². The van der Waals surface area contributed by atoms with E-state index in [1.807, 2.05) is 17.8 Å². The average Bonchev–Trinajstić information content (AvgIpc) is 2.81. The molecule has 20 heavy (non-hydrogen) atoms. The molecular weight excluding hydrogens is 255 g/mol. The van der Waals surface area contributed by atoms with E-state index in [1.165, 1.54) is 12.1 Å². The first kappa shape index (κ1) is 14.7. The van der Waals surface area contributed by atoms with Gasteiger partial charge in [-0.25, -0.2) is 9.37 Å². The summed E-state index contributed by atoms with van der Waals surface area (Å²) in [5, 5.41) is 0. The van der Waals surface area contributed by atoms with Crippen LogP contribution < -0.4 is 11.3 Å². The van der Waals surface area contributed by atoms with Crippen molar-refractivity contribution >= 4 is 0 Å². The second-order valence-corrected chi connectivity index (χ2v) is 5.61. The Balaban J connectivity index is 2.25. The summed E-state index contributed by atoms with van der Waals surface area (Å²) in [5.74, 6) is 6.46. The van der Waals surface area contributed by atoms with Gasteiger partial charge in [-0.15, -0.1) is 0 Å². The van der Waals surface area contributed by atoms with E-state index in [4.69, 9.17) is 5.84 Å². The third-order valence-corrected chi connectivity index (χ3v) is 3.97. The summed E-state index contributed by atoms with van der Waals surface area (Å²) < 4.78 is 15.0. The molecule has 0 aliphatic heterocycles. The normalized spacial score (nSPS) is 13.4. The van der Waals surface area contributed by atoms with Crippen molar-refractivity contribution < 1.29 is 4.39 Å². The molecule has 0 aliphatic carbocycles. The van der Waals surface area contributed by atoms with Crippen molar-refractivity contribution in [1.82, 2.24) is 15.0 Å². The van der Waals surface area contributed by atoms with E-state index in [1.54, 1.807) is 18.3 Å². The third kappa shape index (κ3) is 2.89. The minimum absolute atomic E-state index is 0.00550. The van der Waals surface area contributed by atoms with E-state index in [0.29, 0.717) is 6.42 Å². The van der Waals surface area contributed by atoms with Gasteiger partial charge >= 0.3 is 0 Å². The van der Waals surface area contributed by atoms with Crippen molar-refractivity contribution in [3.63, 3.8) is 0 Å². The highest BCUT2D eigenvalue weighted by molar-refractivity contribution is 5.27. The van der Waals surface area contributed by atoms with E-state index >= 15 is 0 Å². The van der Waals surface area contributed by atoms with Crippen molar-refractivity contribution in [2.24, 2.45) is 12.9 Å². The molecule has 3 N–H and O–H groups in total. The number of hydrazine groups is 1. The van der Waals surface area contributed by atoms with E-state index in [9.17, 15) is 4.39 Å². The maximum Gasteiger partial charge on any atom is 0.123 e. The summed E-state index contributed by atoms with van der Waals surface area (Å²) in [6.07, 6.45) is 4.38. The number of hydrogen-bond donors (Lipinski definition) is 2. The second-order valence-electron chi connectivity index (χ2n) is 5.61. The number of nitrogens with zero attached hydrogens (tertiary/aromatic N) is 2. The highest BCUT2D eigenvalue weighted by Crippen LogP contribution is 2.28. The van der Waals surface area contributed by atoms with Gasteiger partial charge in [-0.3, -0.25) is 11.3 Å². The van der Waals surface area contributed by atoms with Crippen LogP contribution >= 0.6 is 0 Å². The van der Waals surface area contributed by atoms with Crippen LogP contribution in [-0.2, 0) is 18.9 Å².